The first-order valence-corrected chi connectivity index (χ1v) is 9.17. The van der Waals surface area contributed by atoms with E-state index in [2.05, 4.69) is 54.1 Å². The number of anilines is 1. The molecule has 0 spiro atoms. The van der Waals surface area contributed by atoms with Crippen molar-refractivity contribution >= 4 is 17.5 Å². The van der Waals surface area contributed by atoms with E-state index in [0.29, 0.717) is 13.1 Å². The molecule has 2 fully saturated rings. The van der Waals surface area contributed by atoms with Gasteiger partial charge in [-0.25, -0.2) is 0 Å². The lowest BCUT2D eigenvalue weighted by atomic mass is 10.0. The lowest BCUT2D eigenvalue weighted by Gasteiger charge is -2.43. The number of hydrogen-bond donors (Lipinski definition) is 1. The Labute approximate surface area is 149 Å². The molecule has 0 unspecified atom stereocenters. The molecule has 2 heterocycles. The predicted octanol–water partition coefficient (Wildman–Crippen LogP) is 0.984. The highest BCUT2D eigenvalue weighted by Crippen LogP contribution is 2.22. The molecule has 0 bridgehead atoms. The van der Waals surface area contributed by atoms with Crippen molar-refractivity contribution < 1.29 is 9.59 Å². The standard InChI is InChI=1S/C19H28N4O2/c1-4-22(5-2)16-7-6-15(14(3)10-16)12-21-8-9-23-17(13-21)19(25)20-11-18(23)24/h6-7,10,17H,4-5,8-9,11-13H2,1-3H3,(H,20,25)/t17-/m1/s1. The van der Waals surface area contributed by atoms with E-state index in [4.69, 9.17) is 0 Å². The minimum Gasteiger partial charge on any atom is -0.372 e. The monoisotopic (exact) mass is 344 g/mol. The smallest absolute Gasteiger partial charge is 0.244 e. The molecule has 2 aliphatic heterocycles. The molecule has 0 radical (unpaired) electrons. The van der Waals surface area contributed by atoms with Gasteiger partial charge in [0.1, 0.15) is 6.04 Å². The van der Waals surface area contributed by atoms with E-state index in [-0.39, 0.29) is 24.4 Å². The van der Waals surface area contributed by atoms with Crippen LogP contribution in [0.15, 0.2) is 18.2 Å². The summed E-state index contributed by atoms with van der Waals surface area (Å²) in [6.07, 6.45) is 0. The molecule has 2 amide bonds. The number of carbonyl (C=O) groups excluding carboxylic acids is 2. The van der Waals surface area contributed by atoms with Gasteiger partial charge in [-0.05, 0) is 44.0 Å². The van der Waals surface area contributed by atoms with Gasteiger partial charge in [-0.1, -0.05) is 6.07 Å². The van der Waals surface area contributed by atoms with Gasteiger partial charge < -0.3 is 15.1 Å². The number of amides is 2. The first-order chi connectivity index (χ1) is 12.0. The Balaban J connectivity index is 1.68. The average Bonchev–Trinajstić information content (AvgIpc) is 2.61. The molecule has 0 aromatic heterocycles. The third kappa shape index (κ3) is 3.63. The molecule has 2 aliphatic rings. The third-order valence-electron chi connectivity index (χ3n) is 5.35. The van der Waals surface area contributed by atoms with Gasteiger partial charge in [-0.2, -0.15) is 0 Å². The lowest BCUT2D eigenvalue weighted by Crippen LogP contribution is -2.65. The summed E-state index contributed by atoms with van der Waals surface area (Å²) in [5.41, 5.74) is 3.82. The second-order valence-electron chi connectivity index (χ2n) is 6.84. The zero-order chi connectivity index (χ0) is 18.0. The molecule has 1 N–H and O–H groups in total. The van der Waals surface area contributed by atoms with E-state index in [9.17, 15) is 9.59 Å². The Morgan fingerprint density at radius 1 is 1.20 bits per heavy atom. The van der Waals surface area contributed by atoms with Crippen LogP contribution >= 0.6 is 0 Å². The van der Waals surface area contributed by atoms with Crippen LogP contribution in [-0.4, -0.2) is 66.9 Å². The quantitative estimate of drug-likeness (QED) is 0.865. The number of benzene rings is 1. The van der Waals surface area contributed by atoms with Gasteiger partial charge in [0.25, 0.3) is 0 Å². The molecule has 1 atom stereocenters. The molecule has 0 aliphatic carbocycles. The molecule has 1 aromatic carbocycles. The summed E-state index contributed by atoms with van der Waals surface area (Å²) in [5.74, 6) is 0.00177. The normalized spacial score (nSPS) is 21.1. The number of nitrogens with zero attached hydrogens (tertiary/aromatic N) is 3. The summed E-state index contributed by atoms with van der Waals surface area (Å²) in [7, 11) is 0. The van der Waals surface area contributed by atoms with Crippen molar-refractivity contribution in [1.29, 1.82) is 0 Å². The predicted molar refractivity (Wildman–Crippen MR) is 98.5 cm³/mol. The minimum atomic E-state index is -0.342. The molecule has 2 saturated heterocycles. The maximum Gasteiger partial charge on any atom is 0.244 e. The molecule has 3 rings (SSSR count). The minimum absolute atomic E-state index is 0.0297. The van der Waals surface area contributed by atoms with E-state index in [1.807, 2.05) is 0 Å². The van der Waals surface area contributed by atoms with Crippen LogP contribution in [0.2, 0.25) is 0 Å². The van der Waals surface area contributed by atoms with Gasteiger partial charge in [0.15, 0.2) is 0 Å². The molecular formula is C19H28N4O2. The fourth-order valence-corrected chi connectivity index (χ4v) is 3.77. The summed E-state index contributed by atoms with van der Waals surface area (Å²) < 4.78 is 0. The van der Waals surface area contributed by atoms with Gasteiger partial charge >= 0.3 is 0 Å². The Morgan fingerprint density at radius 3 is 2.64 bits per heavy atom. The van der Waals surface area contributed by atoms with Crippen LogP contribution in [0.3, 0.4) is 0 Å². The molecule has 0 saturated carbocycles. The lowest BCUT2D eigenvalue weighted by molar-refractivity contribution is -0.149. The Hall–Kier alpha value is -2.08. The number of rotatable bonds is 5. The van der Waals surface area contributed by atoms with Gasteiger partial charge in [-0.3, -0.25) is 14.5 Å². The average molecular weight is 344 g/mol. The van der Waals surface area contributed by atoms with Crippen molar-refractivity contribution in [1.82, 2.24) is 15.1 Å². The Bertz CT molecular complexity index is 657. The van der Waals surface area contributed by atoms with E-state index in [1.165, 1.54) is 16.8 Å². The number of fused-ring (bicyclic) bond motifs is 1. The van der Waals surface area contributed by atoms with Crippen LogP contribution in [0.1, 0.15) is 25.0 Å². The molecule has 136 valence electrons. The van der Waals surface area contributed by atoms with Gasteiger partial charge in [0.05, 0.1) is 6.54 Å². The van der Waals surface area contributed by atoms with Crippen molar-refractivity contribution in [3.8, 4) is 0 Å². The van der Waals surface area contributed by atoms with Crippen LogP contribution in [0, 0.1) is 6.92 Å². The maximum absolute atomic E-state index is 12.1. The second-order valence-corrected chi connectivity index (χ2v) is 6.84. The van der Waals surface area contributed by atoms with Crippen LogP contribution < -0.4 is 10.2 Å². The summed E-state index contributed by atoms with van der Waals surface area (Å²) in [5, 5.41) is 2.70. The zero-order valence-electron chi connectivity index (χ0n) is 15.4. The summed E-state index contributed by atoms with van der Waals surface area (Å²) in [6, 6.07) is 6.28. The molecule has 6 nitrogen and oxygen atoms in total. The molecule has 6 heteroatoms. The topological polar surface area (TPSA) is 55.9 Å². The van der Waals surface area contributed by atoms with Gasteiger partial charge in [0, 0.05) is 45.0 Å². The largest absolute Gasteiger partial charge is 0.372 e. The van der Waals surface area contributed by atoms with E-state index in [1.54, 1.807) is 4.90 Å². The summed E-state index contributed by atoms with van der Waals surface area (Å²) >= 11 is 0. The second kappa shape index (κ2) is 7.44. The summed E-state index contributed by atoms with van der Waals surface area (Å²) in [6.45, 7) is 11.5. The van der Waals surface area contributed by atoms with Crippen LogP contribution in [-0.2, 0) is 16.1 Å². The number of nitrogens with one attached hydrogen (secondary N) is 1. The number of piperazine rings is 2. The fourth-order valence-electron chi connectivity index (χ4n) is 3.77. The van der Waals surface area contributed by atoms with Crippen molar-refractivity contribution in [2.45, 2.75) is 33.4 Å². The van der Waals surface area contributed by atoms with Crippen LogP contribution in [0.25, 0.3) is 0 Å². The highest BCUT2D eigenvalue weighted by atomic mass is 16.2. The van der Waals surface area contributed by atoms with Crippen molar-refractivity contribution in [2.75, 3.05) is 44.2 Å². The van der Waals surface area contributed by atoms with E-state index in [0.717, 1.165) is 26.2 Å². The number of aryl methyl sites for hydroxylation is 1. The highest BCUT2D eigenvalue weighted by Gasteiger charge is 2.38. The molecule has 25 heavy (non-hydrogen) atoms. The zero-order valence-corrected chi connectivity index (χ0v) is 15.4. The Kier molecular flexibility index (Phi) is 5.27. The van der Waals surface area contributed by atoms with Crippen molar-refractivity contribution in [2.24, 2.45) is 0 Å². The summed E-state index contributed by atoms with van der Waals surface area (Å²) in [4.78, 5) is 30.4. The number of hydrogen-bond acceptors (Lipinski definition) is 4. The highest BCUT2D eigenvalue weighted by molar-refractivity contribution is 5.95. The van der Waals surface area contributed by atoms with E-state index < -0.39 is 0 Å². The first-order valence-electron chi connectivity index (χ1n) is 9.17. The SMILES string of the molecule is CCN(CC)c1ccc(CN2CCN3C(=O)CNC(=O)[C@H]3C2)c(C)c1. The van der Waals surface area contributed by atoms with Crippen LogP contribution in [0.5, 0.6) is 0 Å². The number of carbonyl (C=O) groups is 2. The van der Waals surface area contributed by atoms with Gasteiger partial charge in [-0.15, -0.1) is 0 Å². The third-order valence-corrected chi connectivity index (χ3v) is 5.35. The molecule has 1 aromatic rings. The van der Waals surface area contributed by atoms with Gasteiger partial charge in [0.2, 0.25) is 11.8 Å². The maximum atomic E-state index is 12.1. The molecular weight excluding hydrogens is 316 g/mol. The van der Waals surface area contributed by atoms with Crippen LogP contribution in [0.4, 0.5) is 5.69 Å². The first kappa shape index (κ1) is 17.7. The fraction of sp³-hybridized carbons (Fsp3) is 0.579. The van der Waals surface area contributed by atoms with Crippen molar-refractivity contribution in [3.63, 3.8) is 0 Å². The van der Waals surface area contributed by atoms with E-state index >= 15 is 0 Å². The Morgan fingerprint density at radius 2 is 1.96 bits per heavy atom. The van der Waals surface area contributed by atoms with Crippen molar-refractivity contribution in [3.05, 3.63) is 29.3 Å².